The second-order valence-electron chi connectivity index (χ2n) is 4.35. The van der Waals surface area contributed by atoms with Crippen molar-refractivity contribution < 1.29 is 9.13 Å². The number of hydrogen-bond acceptors (Lipinski definition) is 3. The van der Waals surface area contributed by atoms with Crippen LogP contribution in [0, 0.1) is 5.82 Å². The monoisotopic (exact) mass is 278 g/mol. The molecule has 0 unspecified atom stereocenters. The van der Waals surface area contributed by atoms with Crippen molar-refractivity contribution >= 4 is 17.4 Å². The van der Waals surface area contributed by atoms with E-state index < -0.39 is 5.82 Å². The number of aromatic nitrogens is 1. The van der Waals surface area contributed by atoms with Gasteiger partial charge < -0.3 is 10.1 Å². The first kappa shape index (κ1) is 12.2. The number of pyridine rings is 1. The first-order chi connectivity index (χ1) is 9.22. The van der Waals surface area contributed by atoms with Gasteiger partial charge in [-0.2, -0.15) is 0 Å². The summed E-state index contributed by atoms with van der Waals surface area (Å²) in [6.45, 7) is 1.26. The van der Waals surface area contributed by atoms with E-state index in [9.17, 15) is 4.39 Å². The molecule has 2 heterocycles. The lowest BCUT2D eigenvalue weighted by molar-refractivity contribution is 0.301. The molecule has 3 rings (SSSR count). The Morgan fingerprint density at radius 2 is 2.21 bits per heavy atom. The first-order valence-corrected chi connectivity index (χ1v) is 6.41. The van der Waals surface area contributed by atoms with E-state index in [4.69, 9.17) is 16.3 Å². The average molecular weight is 279 g/mol. The minimum absolute atomic E-state index is 0.0566. The standard InChI is InChI=1S/C14H12ClFN2O/c15-12-7-11(3-4-13(12)16)19-8-10-2-1-9-5-6-17-14(9)18-10/h1-4,7H,5-6,8H2,(H,17,18). The van der Waals surface area contributed by atoms with Gasteiger partial charge in [0.05, 0.1) is 10.7 Å². The molecule has 0 spiro atoms. The summed E-state index contributed by atoms with van der Waals surface area (Å²) in [6, 6.07) is 8.29. The molecule has 0 radical (unpaired) electrons. The maximum Gasteiger partial charge on any atom is 0.142 e. The smallest absolute Gasteiger partial charge is 0.142 e. The summed E-state index contributed by atoms with van der Waals surface area (Å²) in [5.41, 5.74) is 2.06. The highest BCUT2D eigenvalue weighted by Gasteiger charge is 2.11. The van der Waals surface area contributed by atoms with Crippen LogP contribution >= 0.6 is 11.6 Å². The molecule has 0 saturated carbocycles. The van der Waals surface area contributed by atoms with E-state index in [0.29, 0.717) is 12.4 Å². The normalized spacial score (nSPS) is 12.9. The van der Waals surface area contributed by atoms with E-state index in [1.165, 1.54) is 17.7 Å². The van der Waals surface area contributed by atoms with Gasteiger partial charge in [-0.1, -0.05) is 17.7 Å². The Kier molecular flexibility index (Phi) is 3.25. The molecule has 0 fully saturated rings. The summed E-state index contributed by atoms with van der Waals surface area (Å²) >= 11 is 5.69. The maximum absolute atomic E-state index is 13.0. The predicted molar refractivity (Wildman–Crippen MR) is 72.2 cm³/mol. The van der Waals surface area contributed by atoms with Crippen LogP contribution in [0.25, 0.3) is 0 Å². The van der Waals surface area contributed by atoms with Gasteiger partial charge in [0.15, 0.2) is 0 Å². The molecule has 5 heteroatoms. The molecule has 0 saturated heterocycles. The molecule has 0 atom stereocenters. The Morgan fingerprint density at radius 1 is 1.32 bits per heavy atom. The van der Waals surface area contributed by atoms with Gasteiger partial charge in [0.1, 0.15) is 24.0 Å². The van der Waals surface area contributed by atoms with Crippen LogP contribution in [-0.2, 0) is 13.0 Å². The van der Waals surface area contributed by atoms with Gasteiger partial charge in [0.25, 0.3) is 0 Å². The van der Waals surface area contributed by atoms with E-state index >= 15 is 0 Å². The van der Waals surface area contributed by atoms with Crippen LogP contribution in [0.2, 0.25) is 5.02 Å². The summed E-state index contributed by atoms with van der Waals surface area (Å²) in [5.74, 6) is 1.01. The van der Waals surface area contributed by atoms with Crippen molar-refractivity contribution in [3.05, 3.63) is 52.4 Å². The highest BCUT2D eigenvalue weighted by atomic mass is 35.5. The summed E-state index contributed by atoms with van der Waals surface area (Å²) in [6.07, 6.45) is 1.01. The molecular formula is C14H12ClFN2O. The predicted octanol–water partition coefficient (Wildman–Crippen LogP) is 3.42. The summed E-state index contributed by atoms with van der Waals surface area (Å²) < 4.78 is 18.6. The van der Waals surface area contributed by atoms with Gasteiger partial charge in [-0.05, 0) is 30.2 Å². The number of ether oxygens (including phenoxy) is 1. The van der Waals surface area contributed by atoms with E-state index in [1.54, 1.807) is 6.07 Å². The van der Waals surface area contributed by atoms with Gasteiger partial charge in [0.2, 0.25) is 0 Å². The lowest BCUT2D eigenvalue weighted by Crippen LogP contribution is -2.01. The number of hydrogen-bond donors (Lipinski definition) is 1. The minimum atomic E-state index is -0.450. The molecule has 3 nitrogen and oxygen atoms in total. The molecule has 1 N–H and O–H groups in total. The van der Waals surface area contributed by atoms with Gasteiger partial charge in [-0.15, -0.1) is 0 Å². The maximum atomic E-state index is 13.0. The molecule has 19 heavy (non-hydrogen) atoms. The number of rotatable bonds is 3. The zero-order valence-electron chi connectivity index (χ0n) is 10.1. The van der Waals surface area contributed by atoms with Crippen molar-refractivity contribution in [2.75, 3.05) is 11.9 Å². The van der Waals surface area contributed by atoms with Gasteiger partial charge >= 0.3 is 0 Å². The van der Waals surface area contributed by atoms with Crippen molar-refractivity contribution in [2.24, 2.45) is 0 Å². The van der Waals surface area contributed by atoms with Crippen LogP contribution in [-0.4, -0.2) is 11.5 Å². The lowest BCUT2D eigenvalue weighted by atomic mass is 10.2. The SMILES string of the molecule is Fc1ccc(OCc2ccc3c(n2)NCC3)cc1Cl. The quantitative estimate of drug-likeness (QED) is 0.934. The zero-order chi connectivity index (χ0) is 13.2. The largest absolute Gasteiger partial charge is 0.487 e. The van der Waals surface area contributed by atoms with Crippen LogP contribution in [0.4, 0.5) is 10.2 Å². The van der Waals surface area contributed by atoms with Crippen molar-refractivity contribution in [1.29, 1.82) is 0 Å². The number of halogens is 2. The van der Waals surface area contributed by atoms with Crippen molar-refractivity contribution in [3.63, 3.8) is 0 Å². The van der Waals surface area contributed by atoms with Crippen molar-refractivity contribution in [1.82, 2.24) is 4.98 Å². The fraction of sp³-hybridized carbons (Fsp3) is 0.214. The second kappa shape index (κ2) is 5.05. The fourth-order valence-electron chi connectivity index (χ4n) is 2.00. The van der Waals surface area contributed by atoms with Crippen molar-refractivity contribution in [2.45, 2.75) is 13.0 Å². The summed E-state index contributed by atoms with van der Waals surface area (Å²) in [5, 5.41) is 3.27. The van der Waals surface area contributed by atoms with E-state index in [-0.39, 0.29) is 5.02 Å². The summed E-state index contributed by atoms with van der Waals surface area (Å²) in [4.78, 5) is 4.47. The van der Waals surface area contributed by atoms with Crippen LogP contribution in [0.3, 0.4) is 0 Å². The second-order valence-corrected chi connectivity index (χ2v) is 4.76. The molecule has 0 bridgehead atoms. The Bertz CT molecular complexity index is 618. The summed E-state index contributed by atoms with van der Waals surface area (Å²) in [7, 11) is 0. The first-order valence-electron chi connectivity index (χ1n) is 6.03. The fourth-order valence-corrected chi connectivity index (χ4v) is 2.17. The molecule has 1 aliphatic rings. The molecule has 1 aliphatic heterocycles. The topological polar surface area (TPSA) is 34.1 Å². The number of fused-ring (bicyclic) bond motifs is 1. The highest BCUT2D eigenvalue weighted by Crippen LogP contribution is 2.23. The van der Waals surface area contributed by atoms with Crippen LogP contribution in [0.5, 0.6) is 5.75 Å². The van der Waals surface area contributed by atoms with Crippen molar-refractivity contribution in [3.8, 4) is 5.75 Å². The van der Waals surface area contributed by atoms with Crippen LogP contribution < -0.4 is 10.1 Å². The Labute approximate surface area is 115 Å². The Morgan fingerprint density at radius 3 is 3.05 bits per heavy atom. The van der Waals surface area contributed by atoms with E-state index in [0.717, 1.165) is 24.5 Å². The molecule has 1 aromatic heterocycles. The molecule has 1 aromatic carbocycles. The Balaban J connectivity index is 1.70. The highest BCUT2D eigenvalue weighted by molar-refractivity contribution is 6.30. The lowest BCUT2D eigenvalue weighted by Gasteiger charge is -2.07. The third-order valence-electron chi connectivity index (χ3n) is 3.00. The molecule has 98 valence electrons. The minimum Gasteiger partial charge on any atom is -0.487 e. The van der Waals surface area contributed by atoms with Crippen LogP contribution in [0.15, 0.2) is 30.3 Å². The third-order valence-corrected chi connectivity index (χ3v) is 3.29. The average Bonchev–Trinajstić information content (AvgIpc) is 2.87. The third kappa shape index (κ3) is 2.63. The molecule has 2 aromatic rings. The van der Waals surface area contributed by atoms with Crippen LogP contribution in [0.1, 0.15) is 11.3 Å². The van der Waals surface area contributed by atoms with Gasteiger partial charge in [-0.25, -0.2) is 9.37 Å². The molecular weight excluding hydrogens is 267 g/mol. The number of nitrogens with one attached hydrogen (secondary N) is 1. The van der Waals surface area contributed by atoms with Gasteiger partial charge in [0, 0.05) is 12.6 Å². The molecule has 0 aliphatic carbocycles. The number of benzene rings is 1. The zero-order valence-corrected chi connectivity index (χ0v) is 10.9. The Hall–Kier alpha value is -1.81. The molecule has 0 amide bonds. The van der Waals surface area contributed by atoms with E-state index in [1.807, 2.05) is 6.07 Å². The number of anilines is 1. The number of nitrogens with zero attached hydrogens (tertiary/aromatic N) is 1. The van der Waals surface area contributed by atoms with Gasteiger partial charge in [-0.3, -0.25) is 0 Å². The van der Waals surface area contributed by atoms with E-state index in [2.05, 4.69) is 16.4 Å².